The highest BCUT2D eigenvalue weighted by molar-refractivity contribution is 5.73. The van der Waals surface area contributed by atoms with Crippen LogP contribution in [0.4, 0.5) is 4.39 Å². The van der Waals surface area contributed by atoms with Crippen molar-refractivity contribution in [3.8, 4) is 5.75 Å². The summed E-state index contributed by atoms with van der Waals surface area (Å²) in [5.74, 6) is 0.222. The summed E-state index contributed by atoms with van der Waals surface area (Å²) in [5.41, 5.74) is 0.664. The van der Waals surface area contributed by atoms with Crippen molar-refractivity contribution in [1.82, 2.24) is 5.32 Å². The normalized spacial score (nSPS) is 10.5. The quantitative estimate of drug-likeness (QED) is 0.853. The largest absolute Gasteiger partial charge is 0.493 e. The number of hydrogen-bond acceptors (Lipinski definition) is 2. The Labute approximate surface area is 100 Å². The zero-order chi connectivity index (χ0) is 12.7. The second-order valence-corrected chi connectivity index (χ2v) is 3.45. The van der Waals surface area contributed by atoms with Crippen molar-refractivity contribution in [2.75, 3.05) is 13.2 Å². The van der Waals surface area contributed by atoms with Gasteiger partial charge in [-0.3, -0.25) is 4.79 Å². The number of carbonyl (C=O) groups is 1. The molecule has 0 aliphatic rings. The van der Waals surface area contributed by atoms with E-state index in [-0.39, 0.29) is 11.7 Å². The van der Waals surface area contributed by atoms with Crippen LogP contribution in [0.3, 0.4) is 0 Å². The van der Waals surface area contributed by atoms with Crippen LogP contribution in [0.1, 0.15) is 19.4 Å². The first-order valence-corrected chi connectivity index (χ1v) is 5.46. The Kier molecular flexibility index (Phi) is 5.20. The Morgan fingerprint density at radius 3 is 2.94 bits per heavy atom. The molecule has 0 saturated carbocycles. The molecule has 1 aromatic carbocycles. The summed E-state index contributed by atoms with van der Waals surface area (Å²) in [4.78, 5) is 10.6. The molecule has 0 spiro atoms. The van der Waals surface area contributed by atoms with Gasteiger partial charge < -0.3 is 10.1 Å². The molecule has 1 amide bonds. The van der Waals surface area contributed by atoms with Crippen LogP contribution >= 0.6 is 0 Å². The van der Waals surface area contributed by atoms with Crippen LogP contribution in [-0.2, 0) is 4.79 Å². The maximum Gasteiger partial charge on any atom is 0.217 e. The highest BCUT2D eigenvalue weighted by Gasteiger charge is 2.01. The van der Waals surface area contributed by atoms with Gasteiger partial charge in [-0.2, -0.15) is 0 Å². The van der Waals surface area contributed by atoms with Crippen molar-refractivity contribution in [1.29, 1.82) is 0 Å². The number of carbonyl (C=O) groups excluding carboxylic acids is 1. The van der Waals surface area contributed by atoms with Crippen LogP contribution in [0, 0.1) is 5.82 Å². The molecule has 0 aliphatic carbocycles. The first-order chi connectivity index (χ1) is 8.13. The third-order valence-electron chi connectivity index (χ3n) is 2.04. The lowest BCUT2D eigenvalue weighted by Crippen LogP contribution is -2.19. The highest BCUT2D eigenvalue weighted by atomic mass is 19.1. The fourth-order valence-electron chi connectivity index (χ4n) is 1.33. The molecule has 1 rings (SSSR count). The fourth-order valence-corrected chi connectivity index (χ4v) is 1.33. The van der Waals surface area contributed by atoms with Gasteiger partial charge in [0, 0.05) is 19.0 Å². The monoisotopic (exact) mass is 237 g/mol. The van der Waals surface area contributed by atoms with E-state index in [0.29, 0.717) is 24.5 Å². The Morgan fingerprint density at radius 2 is 2.29 bits per heavy atom. The van der Waals surface area contributed by atoms with Gasteiger partial charge in [0.15, 0.2) is 0 Å². The van der Waals surface area contributed by atoms with Crippen molar-refractivity contribution >= 4 is 12.0 Å². The van der Waals surface area contributed by atoms with E-state index in [0.717, 1.165) is 0 Å². The van der Waals surface area contributed by atoms with Crippen molar-refractivity contribution < 1.29 is 13.9 Å². The molecule has 0 bridgehead atoms. The van der Waals surface area contributed by atoms with E-state index in [9.17, 15) is 9.18 Å². The molecule has 17 heavy (non-hydrogen) atoms. The van der Waals surface area contributed by atoms with Crippen LogP contribution < -0.4 is 10.1 Å². The molecule has 0 fully saturated rings. The molecule has 0 saturated heterocycles. The van der Waals surface area contributed by atoms with Crippen molar-refractivity contribution in [2.24, 2.45) is 0 Å². The van der Waals surface area contributed by atoms with Crippen LogP contribution in [0.2, 0.25) is 0 Å². The summed E-state index contributed by atoms with van der Waals surface area (Å²) >= 11 is 0. The molecule has 0 unspecified atom stereocenters. The van der Waals surface area contributed by atoms with Gasteiger partial charge in [-0.1, -0.05) is 12.2 Å². The Bertz CT molecular complexity index is 416. The maximum absolute atomic E-state index is 13.1. The average Bonchev–Trinajstić information content (AvgIpc) is 2.28. The summed E-state index contributed by atoms with van der Waals surface area (Å²) in [5, 5.41) is 2.62. The van der Waals surface area contributed by atoms with Crippen LogP contribution in [-0.4, -0.2) is 19.1 Å². The highest BCUT2D eigenvalue weighted by Crippen LogP contribution is 2.21. The number of rotatable bonds is 5. The first kappa shape index (κ1) is 13.2. The second-order valence-electron chi connectivity index (χ2n) is 3.45. The van der Waals surface area contributed by atoms with Gasteiger partial charge >= 0.3 is 0 Å². The van der Waals surface area contributed by atoms with Crippen molar-refractivity contribution in [3.63, 3.8) is 0 Å². The molecular weight excluding hydrogens is 221 g/mol. The maximum atomic E-state index is 13.1. The molecule has 0 atom stereocenters. The molecular formula is C13H16FNO2. The number of amides is 1. The molecule has 1 aromatic rings. The minimum Gasteiger partial charge on any atom is -0.493 e. The van der Waals surface area contributed by atoms with Gasteiger partial charge in [-0.25, -0.2) is 4.39 Å². The Morgan fingerprint density at radius 1 is 1.53 bits per heavy atom. The van der Waals surface area contributed by atoms with Gasteiger partial charge in [0.1, 0.15) is 11.6 Å². The molecule has 0 heterocycles. The zero-order valence-corrected chi connectivity index (χ0v) is 10.00. The average molecular weight is 237 g/mol. The predicted octanol–water partition coefficient (Wildman–Crippen LogP) is 2.37. The second kappa shape index (κ2) is 6.68. The first-order valence-electron chi connectivity index (χ1n) is 5.46. The summed E-state index contributed by atoms with van der Waals surface area (Å²) in [6.45, 7) is 4.26. The van der Waals surface area contributed by atoms with E-state index in [1.54, 1.807) is 18.2 Å². The van der Waals surface area contributed by atoms with Gasteiger partial charge in [0.05, 0.1) is 6.61 Å². The molecule has 92 valence electrons. The summed E-state index contributed by atoms with van der Waals surface area (Å²) in [6.07, 6.45) is 3.47. The third-order valence-corrected chi connectivity index (χ3v) is 2.04. The van der Waals surface area contributed by atoms with Gasteiger partial charge in [0.25, 0.3) is 0 Å². The molecule has 0 aliphatic heterocycles. The Hall–Kier alpha value is -1.84. The van der Waals surface area contributed by atoms with Crippen LogP contribution in [0.15, 0.2) is 24.3 Å². The van der Waals surface area contributed by atoms with E-state index >= 15 is 0 Å². The predicted molar refractivity (Wildman–Crippen MR) is 65.3 cm³/mol. The third kappa shape index (κ3) is 4.68. The number of benzene rings is 1. The van der Waals surface area contributed by atoms with Crippen LogP contribution in [0.25, 0.3) is 6.08 Å². The van der Waals surface area contributed by atoms with Gasteiger partial charge in [0.2, 0.25) is 5.91 Å². The van der Waals surface area contributed by atoms with Crippen molar-refractivity contribution in [3.05, 3.63) is 35.7 Å². The van der Waals surface area contributed by atoms with E-state index in [1.807, 2.05) is 6.92 Å². The van der Waals surface area contributed by atoms with E-state index in [2.05, 4.69) is 5.32 Å². The summed E-state index contributed by atoms with van der Waals surface area (Å²) < 4.78 is 18.4. The SMILES string of the molecule is CCOc1ccc(F)cc1C=CCNC(C)=O. The zero-order valence-electron chi connectivity index (χ0n) is 10.00. The minimum absolute atomic E-state index is 0.0982. The van der Waals surface area contributed by atoms with Gasteiger partial charge in [-0.15, -0.1) is 0 Å². The lowest BCUT2D eigenvalue weighted by molar-refractivity contribution is -0.118. The molecule has 0 aromatic heterocycles. The molecule has 3 nitrogen and oxygen atoms in total. The van der Waals surface area contributed by atoms with Crippen LogP contribution in [0.5, 0.6) is 5.75 Å². The lowest BCUT2D eigenvalue weighted by Gasteiger charge is -2.06. The topological polar surface area (TPSA) is 38.3 Å². The van der Waals surface area contributed by atoms with Crippen molar-refractivity contribution in [2.45, 2.75) is 13.8 Å². The standard InChI is InChI=1S/C13H16FNO2/c1-3-17-13-7-6-12(14)9-11(13)5-4-8-15-10(2)16/h4-7,9H,3,8H2,1-2H3,(H,15,16). The van der Waals surface area contributed by atoms with Gasteiger partial charge in [-0.05, 0) is 25.1 Å². The van der Waals surface area contributed by atoms with E-state index in [1.165, 1.54) is 19.1 Å². The number of ether oxygens (including phenoxy) is 1. The molecule has 0 radical (unpaired) electrons. The summed E-state index contributed by atoms with van der Waals surface area (Å²) in [7, 11) is 0. The number of hydrogen-bond donors (Lipinski definition) is 1. The number of nitrogens with one attached hydrogen (secondary N) is 1. The lowest BCUT2D eigenvalue weighted by atomic mass is 10.2. The molecule has 1 N–H and O–H groups in total. The smallest absolute Gasteiger partial charge is 0.217 e. The Balaban J connectivity index is 2.73. The van der Waals surface area contributed by atoms with E-state index in [4.69, 9.17) is 4.74 Å². The van der Waals surface area contributed by atoms with E-state index < -0.39 is 0 Å². The molecule has 4 heteroatoms. The summed E-state index contributed by atoms with van der Waals surface area (Å²) in [6, 6.07) is 4.35. The number of halogens is 1. The fraction of sp³-hybridized carbons (Fsp3) is 0.308. The minimum atomic E-state index is -0.312.